The summed E-state index contributed by atoms with van der Waals surface area (Å²) in [6.07, 6.45) is 0. The van der Waals surface area contributed by atoms with Crippen molar-refractivity contribution < 1.29 is 14.4 Å². The minimum absolute atomic E-state index is 0.00285. The highest BCUT2D eigenvalue weighted by Gasteiger charge is 2.23. The van der Waals surface area contributed by atoms with Gasteiger partial charge in [-0.1, -0.05) is 41.9 Å². The number of nitrogens with one attached hydrogen (secondary N) is 4. The van der Waals surface area contributed by atoms with Crippen molar-refractivity contribution in [2.45, 2.75) is 6.04 Å². The number of hydrogen-bond donors (Lipinski definition) is 4. The summed E-state index contributed by atoms with van der Waals surface area (Å²) in [5, 5.41) is 11.9. The maximum absolute atomic E-state index is 13.1. The van der Waals surface area contributed by atoms with Crippen LogP contribution in [0.5, 0.6) is 0 Å². The van der Waals surface area contributed by atoms with E-state index in [1.165, 1.54) is 0 Å². The quantitative estimate of drug-likeness (QED) is 0.434. The predicted molar refractivity (Wildman–Crippen MR) is 133 cm³/mol. The van der Waals surface area contributed by atoms with Crippen molar-refractivity contribution >= 4 is 46.5 Å². The molecular formula is C25H24ClN5O3. The van der Waals surface area contributed by atoms with Gasteiger partial charge in [-0.05, 0) is 54.1 Å². The van der Waals surface area contributed by atoms with Gasteiger partial charge in [0.15, 0.2) is 0 Å². The molecule has 0 saturated carbocycles. The first kappa shape index (κ1) is 23.3. The Labute approximate surface area is 202 Å². The van der Waals surface area contributed by atoms with Gasteiger partial charge < -0.3 is 26.2 Å². The van der Waals surface area contributed by atoms with Gasteiger partial charge in [-0.2, -0.15) is 0 Å². The van der Waals surface area contributed by atoms with Crippen molar-refractivity contribution in [1.82, 2.24) is 10.6 Å². The number of rotatable bonds is 6. The number of halogens is 1. The standard InChI is InChI=1S/C25H24ClN5O3/c26-18-6-8-20(9-7-18)29-25(34)30-23(17-4-2-1-3-5-17)24(33)28-19-10-12-21(13-11-19)31-15-14-27-16-22(31)32/h1-13,23,27H,14-16H2,(H,28,33)(H2,29,30,34). The zero-order chi connectivity index (χ0) is 23.9. The van der Waals surface area contributed by atoms with Crippen LogP contribution < -0.4 is 26.2 Å². The summed E-state index contributed by atoms with van der Waals surface area (Å²) in [5.41, 5.74) is 2.50. The molecule has 1 aliphatic rings. The molecule has 1 fully saturated rings. The van der Waals surface area contributed by atoms with Crippen LogP contribution in [-0.2, 0) is 9.59 Å². The molecule has 0 radical (unpaired) electrons. The molecule has 4 N–H and O–H groups in total. The van der Waals surface area contributed by atoms with Gasteiger partial charge in [-0.3, -0.25) is 9.59 Å². The number of nitrogens with zero attached hydrogens (tertiary/aromatic N) is 1. The molecule has 4 amide bonds. The molecule has 1 unspecified atom stereocenters. The van der Waals surface area contributed by atoms with Crippen LogP contribution in [0.15, 0.2) is 78.9 Å². The molecule has 34 heavy (non-hydrogen) atoms. The van der Waals surface area contributed by atoms with Crippen LogP contribution in [0.4, 0.5) is 21.9 Å². The Bertz CT molecular complexity index is 1150. The van der Waals surface area contributed by atoms with Gasteiger partial charge in [0.2, 0.25) is 5.91 Å². The van der Waals surface area contributed by atoms with E-state index in [9.17, 15) is 14.4 Å². The zero-order valence-corrected chi connectivity index (χ0v) is 19.0. The van der Waals surface area contributed by atoms with Gasteiger partial charge >= 0.3 is 6.03 Å². The summed E-state index contributed by atoms with van der Waals surface area (Å²) in [5.74, 6) is -0.397. The highest BCUT2D eigenvalue weighted by molar-refractivity contribution is 6.30. The molecule has 3 aromatic carbocycles. The van der Waals surface area contributed by atoms with Crippen molar-refractivity contribution in [3.8, 4) is 0 Å². The maximum atomic E-state index is 13.1. The van der Waals surface area contributed by atoms with E-state index in [4.69, 9.17) is 11.6 Å². The van der Waals surface area contributed by atoms with E-state index in [-0.39, 0.29) is 5.91 Å². The number of amides is 4. The van der Waals surface area contributed by atoms with Crippen molar-refractivity contribution in [3.63, 3.8) is 0 Å². The maximum Gasteiger partial charge on any atom is 0.320 e. The van der Waals surface area contributed by atoms with Crippen LogP contribution in [0, 0.1) is 0 Å². The number of hydrogen-bond acceptors (Lipinski definition) is 4. The number of carbonyl (C=O) groups excluding carboxylic acids is 3. The Hall–Kier alpha value is -3.88. The van der Waals surface area contributed by atoms with Gasteiger partial charge in [0, 0.05) is 35.2 Å². The van der Waals surface area contributed by atoms with E-state index in [0.717, 1.165) is 12.2 Å². The number of anilines is 3. The number of benzene rings is 3. The second-order valence-corrected chi connectivity index (χ2v) is 8.14. The first-order chi connectivity index (χ1) is 16.5. The fourth-order valence-corrected chi connectivity index (χ4v) is 3.72. The number of urea groups is 1. The van der Waals surface area contributed by atoms with Gasteiger partial charge in [0.1, 0.15) is 6.04 Å². The van der Waals surface area contributed by atoms with Crippen molar-refractivity contribution in [2.75, 3.05) is 35.2 Å². The molecule has 4 rings (SSSR count). The van der Waals surface area contributed by atoms with Crippen molar-refractivity contribution in [2.24, 2.45) is 0 Å². The third-order valence-electron chi connectivity index (χ3n) is 5.31. The highest BCUT2D eigenvalue weighted by atomic mass is 35.5. The Balaban J connectivity index is 1.45. The summed E-state index contributed by atoms with van der Waals surface area (Å²) in [7, 11) is 0. The van der Waals surface area contributed by atoms with E-state index in [1.807, 2.05) is 6.07 Å². The number of carbonyl (C=O) groups is 3. The van der Waals surface area contributed by atoms with Crippen molar-refractivity contribution in [3.05, 3.63) is 89.4 Å². The molecule has 8 nitrogen and oxygen atoms in total. The molecule has 0 aromatic heterocycles. The van der Waals surface area contributed by atoms with E-state index in [2.05, 4.69) is 21.3 Å². The Morgan fingerprint density at radius 1 is 0.882 bits per heavy atom. The second kappa shape index (κ2) is 10.8. The average Bonchev–Trinajstić information content (AvgIpc) is 2.85. The van der Waals surface area contributed by atoms with Crippen LogP contribution in [0.3, 0.4) is 0 Å². The van der Waals surface area contributed by atoms with E-state index in [1.54, 1.807) is 77.7 Å². The molecule has 0 aliphatic carbocycles. The lowest BCUT2D eigenvalue weighted by Crippen LogP contribution is -2.48. The van der Waals surface area contributed by atoms with Gasteiger partial charge in [-0.15, -0.1) is 0 Å². The molecule has 0 spiro atoms. The van der Waals surface area contributed by atoms with Crippen LogP contribution in [0.1, 0.15) is 11.6 Å². The minimum atomic E-state index is -0.928. The summed E-state index contributed by atoms with van der Waals surface area (Å²) >= 11 is 5.89. The Kier molecular flexibility index (Phi) is 7.41. The van der Waals surface area contributed by atoms with Crippen LogP contribution in [0.2, 0.25) is 5.02 Å². The summed E-state index contributed by atoms with van der Waals surface area (Å²) in [6.45, 7) is 1.63. The number of piperazine rings is 1. The summed E-state index contributed by atoms with van der Waals surface area (Å²) in [4.78, 5) is 39.6. The molecule has 1 atom stereocenters. The minimum Gasteiger partial charge on any atom is -0.324 e. The molecule has 1 saturated heterocycles. The van der Waals surface area contributed by atoms with E-state index in [0.29, 0.717) is 35.1 Å². The van der Waals surface area contributed by atoms with Crippen LogP contribution >= 0.6 is 11.6 Å². The molecular weight excluding hydrogens is 454 g/mol. The summed E-state index contributed by atoms with van der Waals surface area (Å²) < 4.78 is 0. The molecule has 1 heterocycles. The molecule has 3 aromatic rings. The highest BCUT2D eigenvalue weighted by Crippen LogP contribution is 2.21. The Morgan fingerprint density at radius 3 is 2.21 bits per heavy atom. The van der Waals surface area contributed by atoms with Crippen LogP contribution in [-0.4, -0.2) is 37.5 Å². The lowest BCUT2D eigenvalue weighted by Gasteiger charge is -2.27. The molecule has 0 bridgehead atoms. The smallest absolute Gasteiger partial charge is 0.320 e. The lowest BCUT2D eigenvalue weighted by molar-refractivity contribution is -0.119. The zero-order valence-electron chi connectivity index (χ0n) is 18.3. The average molecular weight is 478 g/mol. The summed E-state index contributed by atoms with van der Waals surface area (Å²) in [6, 6.07) is 21.2. The largest absolute Gasteiger partial charge is 0.324 e. The fourth-order valence-electron chi connectivity index (χ4n) is 3.60. The molecule has 174 valence electrons. The Morgan fingerprint density at radius 2 is 1.53 bits per heavy atom. The van der Waals surface area contributed by atoms with E-state index >= 15 is 0 Å². The van der Waals surface area contributed by atoms with Gasteiger partial charge in [0.25, 0.3) is 5.91 Å². The van der Waals surface area contributed by atoms with Crippen molar-refractivity contribution in [1.29, 1.82) is 0 Å². The normalized spacial score (nSPS) is 14.3. The van der Waals surface area contributed by atoms with Crippen LogP contribution in [0.25, 0.3) is 0 Å². The monoisotopic (exact) mass is 477 g/mol. The first-order valence-electron chi connectivity index (χ1n) is 10.8. The van der Waals surface area contributed by atoms with E-state index < -0.39 is 18.0 Å². The lowest BCUT2D eigenvalue weighted by atomic mass is 10.1. The topological polar surface area (TPSA) is 103 Å². The predicted octanol–water partition coefficient (Wildman–Crippen LogP) is 3.78. The van der Waals surface area contributed by atoms with Gasteiger partial charge in [0.05, 0.1) is 6.54 Å². The second-order valence-electron chi connectivity index (χ2n) is 7.71. The third-order valence-corrected chi connectivity index (χ3v) is 5.56. The first-order valence-corrected chi connectivity index (χ1v) is 11.2. The third kappa shape index (κ3) is 5.92. The fraction of sp³-hybridized carbons (Fsp3) is 0.160. The van der Waals surface area contributed by atoms with Gasteiger partial charge in [-0.25, -0.2) is 4.79 Å². The molecule has 9 heteroatoms. The molecule has 1 aliphatic heterocycles. The SMILES string of the molecule is O=C(Nc1ccc(Cl)cc1)NC(C(=O)Nc1ccc(N2CCNCC2=O)cc1)c1ccccc1.